The number of furan rings is 1. The molecule has 0 unspecified atom stereocenters. The van der Waals surface area contributed by atoms with Gasteiger partial charge in [-0.25, -0.2) is 0 Å². The van der Waals surface area contributed by atoms with Gasteiger partial charge in [-0.1, -0.05) is 30.3 Å². The predicted octanol–water partition coefficient (Wildman–Crippen LogP) is 3.80. The van der Waals surface area contributed by atoms with E-state index in [9.17, 15) is 0 Å². The van der Waals surface area contributed by atoms with Gasteiger partial charge in [0.15, 0.2) is 0 Å². The molecular formula is C18H26N2O. The quantitative estimate of drug-likeness (QED) is 0.875. The summed E-state index contributed by atoms with van der Waals surface area (Å²) in [6.07, 6.45) is 1.85. The van der Waals surface area contributed by atoms with E-state index in [1.54, 1.807) is 0 Å². The SMILES string of the molecule is CN(Cc1ccccc1)Cc1cc(CNC(C)(C)C)co1. The zero-order valence-corrected chi connectivity index (χ0v) is 13.5. The van der Waals surface area contributed by atoms with Crippen LogP contribution >= 0.6 is 0 Å². The van der Waals surface area contributed by atoms with Crippen molar-refractivity contribution in [2.75, 3.05) is 7.05 Å². The summed E-state index contributed by atoms with van der Waals surface area (Å²) in [5, 5.41) is 3.47. The largest absolute Gasteiger partial charge is 0.468 e. The van der Waals surface area contributed by atoms with Gasteiger partial charge in [0.25, 0.3) is 0 Å². The topological polar surface area (TPSA) is 28.4 Å². The average molecular weight is 286 g/mol. The molecule has 0 saturated carbocycles. The third-order valence-electron chi connectivity index (χ3n) is 3.25. The van der Waals surface area contributed by atoms with E-state index in [0.29, 0.717) is 0 Å². The number of nitrogens with one attached hydrogen (secondary N) is 1. The minimum absolute atomic E-state index is 0.127. The maximum absolute atomic E-state index is 5.66. The first-order chi connectivity index (χ1) is 9.92. The molecule has 1 heterocycles. The lowest BCUT2D eigenvalue weighted by molar-refractivity contribution is 0.288. The molecule has 1 N–H and O–H groups in total. The Bertz CT molecular complexity index is 540. The highest BCUT2D eigenvalue weighted by Gasteiger charge is 2.10. The highest BCUT2D eigenvalue weighted by molar-refractivity contribution is 5.15. The maximum Gasteiger partial charge on any atom is 0.118 e. The summed E-state index contributed by atoms with van der Waals surface area (Å²) < 4.78 is 5.66. The second-order valence-corrected chi connectivity index (χ2v) is 6.68. The van der Waals surface area contributed by atoms with Gasteiger partial charge in [-0.3, -0.25) is 4.90 Å². The van der Waals surface area contributed by atoms with Gasteiger partial charge in [0.05, 0.1) is 12.8 Å². The third kappa shape index (κ3) is 5.74. The van der Waals surface area contributed by atoms with Crippen LogP contribution in [0.2, 0.25) is 0 Å². The molecule has 1 aromatic heterocycles. The molecule has 0 aliphatic carbocycles. The van der Waals surface area contributed by atoms with Crippen LogP contribution in [0.4, 0.5) is 0 Å². The van der Waals surface area contributed by atoms with Gasteiger partial charge in [-0.2, -0.15) is 0 Å². The molecule has 0 aliphatic heterocycles. The van der Waals surface area contributed by atoms with Gasteiger partial charge in [0, 0.05) is 24.2 Å². The van der Waals surface area contributed by atoms with Crippen molar-refractivity contribution < 1.29 is 4.42 Å². The molecule has 21 heavy (non-hydrogen) atoms. The third-order valence-corrected chi connectivity index (χ3v) is 3.25. The summed E-state index contributed by atoms with van der Waals surface area (Å²) in [6.45, 7) is 9.10. The zero-order chi connectivity index (χ0) is 15.3. The van der Waals surface area contributed by atoms with Crippen molar-refractivity contribution >= 4 is 0 Å². The molecule has 2 aromatic rings. The van der Waals surface area contributed by atoms with Crippen LogP contribution in [-0.4, -0.2) is 17.5 Å². The summed E-state index contributed by atoms with van der Waals surface area (Å²) in [4.78, 5) is 2.26. The maximum atomic E-state index is 5.66. The summed E-state index contributed by atoms with van der Waals surface area (Å²) in [7, 11) is 2.11. The highest BCUT2D eigenvalue weighted by Crippen LogP contribution is 2.13. The molecular weight excluding hydrogens is 260 g/mol. The molecule has 0 spiro atoms. The Labute approximate surface area is 128 Å². The van der Waals surface area contributed by atoms with E-state index in [4.69, 9.17) is 4.42 Å². The molecule has 114 valence electrons. The van der Waals surface area contributed by atoms with Crippen LogP contribution < -0.4 is 5.32 Å². The fraction of sp³-hybridized carbons (Fsp3) is 0.444. The Morgan fingerprint density at radius 3 is 2.43 bits per heavy atom. The van der Waals surface area contributed by atoms with Crippen LogP contribution in [0.1, 0.15) is 37.7 Å². The second kappa shape index (κ2) is 6.92. The summed E-state index contributed by atoms with van der Waals surface area (Å²) in [6, 6.07) is 12.6. The molecule has 0 fully saturated rings. The molecule has 2 rings (SSSR count). The first kappa shape index (κ1) is 15.8. The molecule has 0 saturated heterocycles. The molecule has 0 aliphatic rings. The lowest BCUT2D eigenvalue weighted by Gasteiger charge is -2.19. The molecule has 1 aromatic carbocycles. The van der Waals surface area contributed by atoms with Gasteiger partial charge >= 0.3 is 0 Å². The molecule has 3 nitrogen and oxygen atoms in total. The van der Waals surface area contributed by atoms with Crippen LogP contribution in [0.3, 0.4) is 0 Å². The van der Waals surface area contributed by atoms with Crippen LogP contribution in [0.15, 0.2) is 47.1 Å². The van der Waals surface area contributed by atoms with E-state index in [1.807, 2.05) is 12.3 Å². The zero-order valence-electron chi connectivity index (χ0n) is 13.5. The van der Waals surface area contributed by atoms with Crippen molar-refractivity contribution in [1.29, 1.82) is 0 Å². The van der Waals surface area contributed by atoms with Crippen molar-refractivity contribution in [2.24, 2.45) is 0 Å². The lowest BCUT2D eigenvalue weighted by Crippen LogP contribution is -2.34. The van der Waals surface area contributed by atoms with Gasteiger partial charge in [0.1, 0.15) is 5.76 Å². The second-order valence-electron chi connectivity index (χ2n) is 6.68. The normalized spacial score (nSPS) is 12.0. The minimum atomic E-state index is 0.127. The van der Waals surface area contributed by atoms with Gasteiger partial charge in [-0.15, -0.1) is 0 Å². The van der Waals surface area contributed by atoms with Crippen molar-refractivity contribution in [2.45, 2.75) is 45.9 Å². The van der Waals surface area contributed by atoms with Crippen molar-refractivity contribution in [3.8, 4) is 0 Å². The van der Waals surface area contributed by atoms with Crippen LogP contribution in [0.5, 0.6) is 0 Å². The predicted molar refractivity (Wildman–Crippen MR) is 86.9 cm³/mol. The Hall–Kier alpha value is -1.58. The van der Waals surface area contributed by atoms with Crippen molar-refractivity contribution in [3.63, 3.8) is 0 Å². The lowest BCUT2D eigenvalue weighted by atomic mass is 10.1. The molecule has 0 atom stereocenters. The van der Waals surface area contributed by atoms with E-state index in [1.165, 1.54) is 11.1 Å². The Morgan fingerprint density at radius 2 is 1.76 bits per heavy atom. The number of hydrogen-bond acceptors (Lipinski definition) is 3. The number of hydrogen-bond donors (Lipinski definition) is 1. The number of benzene rings is 1. The monoisotopic (exact) mass is 286 g/mol. The molecule has 0 radical (unpaired) electrons. The number of rotatable bonds is 6. The summed E-state index contributed by atoms with van der Waals surface area (Å²) in [5.41, 5.74) is 2.65. The van der Waals surface area contributed by atoms with Gasteiger partial charge < -0.3 is 9.73 Å². The fourth-order valence-electron chi connectivity index (χ4n) is 2.19. The minimum Gasteiger partial charge on any atom is -0.468 e. The highest BCUT2D eigenvalue weighted by atomic mass is 16.3. The first-order valence-electron chi connectivity index (χ1n) is 7.46. The van der Waals surface area contributed by atoms with Gasteiger partial charge in [-0.05, 0) is 39.4 Å². The summed E-state index contributed by atoms with van der Waals surface area (Å²) in [5.74, 6) is 1.01. The van der Waals surface area contributed by atoms with Crippen molar-refractivity contribution in [3.05, 3.63) is 59.5 Å². The summed E-state index contributed by atoms with van der Waals surface area (Å²) >= 11 is 0. The van der Waals surface area contributed by atoms with Crippen LogP contribution in [0.25, 0.3) is 0 Å². The average Bonchev–Trinajstić information content (AvgIpc) is 2.84. The van der Waals surface area contributed by atoms with Crippen molar-refractivity contribution in [1.82, 2.24) is 10.2 Å². The molecule has 0 amide bonds. The van der Waals surface area contributed by atoms with E-state index in [0.717, 1.165) is 25.4 Å². The van der Waals surface area contributed by atoms with Crippen LogP contribution in [0, 0.1) is 0 Å². The van der Waals surface area contributed by atoms with E-state index >= 15 is 0 Å². The van der Waals surface area contributed by atoms with Gasteiger partial charge in [0.2, 0.25) is 0 Å². The Morgan fingerprint density at radius 1 is 1.05 bits per heavy atom. The van der Waals surface area contributed by atoms with E-state index in [2.05, 4.69) is 68.4 Å². The van der Waals surface area contributed by atoms with Crippen LogP contribution in [-0.2, 0) is 19.6 Å². The molecule has 0 bridgehead atoms. The van der Waals surface area contributed by atoms with E-state index < -0.39 is 0 Å². The standard InChI is InChI=1S/C18H26N2O/c1-18(2,3)19-11-16-10-17(21-14-16)13-20(4)12-15-8-6-5-7-9-15/h5-10,14,19H,11-13H2,1-4H3. The first-order valence-corrected chi connectivity index (χ1v) is 7.46. The Balaban J connectivity index is 1.84. The Kier molecular flexibility index (Phi) is 5.21. The number of nitrogens with zero attached hydrogens (tertiary/aromatic N) is 1. The van der Waals surface area contributed by atoms with E-state index in [-0.39, 0.29) is 5.54 Å². The fourth-order valence-corrected chi connectivity index (χ4v) is 2.19. The molecule has 3 heteroatoms. The smallest absolute Gasteiger partial charge is 0.118 e.